The summed E-state index contributed by atoms with van der Waals surface area (Å²) in [5.41, 5.74) is 1.34. The molecule has 12 amide bonds. The SMILES string of the molecule is CC[C@H](C)[C@@H]([C@@H](CC(=O)N1CCC[C@@H]1[C@H](OC)[C@@H](C)C(=O)N[C@H](C)[C@@H](O)c1ccccc1)OC)N(C)C(=O)[C@@H](NC(=O)[C@H](C(C)C)N(C)C(=O)CNC(=O)[C@H](Cc1ccccc1)NC(=O)CNC(=O)CNC(=O)CCN1CCN(C(=O)CCCCN2C(=O)C=CC2=O)CC1)C(C)C. The van der Waals surface area contributed by atoms with E-state index < -0.39 is 133 Å². The van der Waals surface area contributed by atoms with Crippen molar-refractivity contribution in [1.29, 1.82) is 0 Å². The van der Waals surface area contributed by atoms with Crippen molar-refractivity contribution < 1.29 is 72.1 Å². The summed E-state index contributed by atoms with van der Waals surface area (Å²) in [5, 5.41) is 27.1. The Morgan fingerprint density at radius 2 is 1.26 bits per heavy atom. The van der Waals surface area contributed by atoms with E-state index in [4.69, 9.17) is 9.47 Å². The molecule has 0 aliphatic carbocycles. The Morgan fingerprint density at radius 1 is 0.639 bits per heavy atom. The predicted octanol–water partition coefficient (Wildman–Crippen LogP) is 1.47. The number of nitrogens with zero attached hydrogens (tertiary/aromatic N) is 6. The highest BCUT2D eigenvalue weighted by atomic mass is 16.5. The topological polar surface area (TPSA) is 335 Å². The number of aliphatic hydroxyl groups is 1. The number of carbonyl (C=O) groups excluding carboxylic acids is 12. The van der Waals surface area contributed by atoms with Crippen LogP contribution in [0.3, 0.4) is 0 Å². The highest BCUT2D eigenvalue weighted by molar-refractivity contribution is 6.12. The van der Waals surface area contributed by atoms with Crippen LogP contribution in [0.2, 0.25) is 0 Å². The molecule has 0 bridgehead atoms. The molecule has 27 heteroatoms. The molecule has 3 aliphatic heterocycles. The fourth-order valence-corrected chi connectivity index (χ4v) is 12.8. The second-order valence-electron chi connectivity index (χ2n) is 26.3. The second kappa shape index (κ2) is 39.3. The molecule has 0 saturated carbocycles. The van der Waals surface area contributed by atoms with Gasteiger partial charge in [-0.05, 0) is 61.5 Å². The van der Waals surface area contributed by atoms with Gasteiger partial charge in [-0.15, -0.1) is 0 Å². The Morgan fingerprint density at radius 3 is 1.86 bits per heavy atom. The number of hydrogen-bond acceptors (Lipinski definition) is 16. The molecule has 11 atom stereocenters. The summed E-state index contributed by atoms with van der Waals surface area (Å²) in [6.07, 6.45) is 3.24. The molecule has 2 fully saturated rings. The van der Waals surface area contributed by atoms with E-state index in [0.29, 0.717) is 88.9 Å². The number of carbonyl (C=O) groups is 12. The smallest absolute Gasteiger partial charge is 0.253 e. The number of ether oxygens (including phenoxy) is 2. The van der Waals surface area contributed by atoms with E-state index >= 15 is 0 Å². The molecule has 0 unspecified atom stereocenters. The molecule has 0 aromatic heterocycles. The van der Waals surface area contributed by atoms with Crippen LogP contribution < -0.4 is 31.9 Å². The van der Waals surface area contributed by atoms with Gasteiger partial charge in [-0.25, -0.2) is 0 Å². The van der Waals surface area contributed by atoms with E-state index in [2.05, 4.69) is 31.9 Å². The molecular weight excluding hydrogens is 1250 g/mol. The Labute approximate surface area is 571 Å². The molecule has 27 nitrogen and oxygen atoms in total. The third kappa shape index (κ3) is 23.5. The van der Waals surface area contributed by atoms with E-state index in [1.54, 1.807) is 101 Å². The van der Waals surface area contributed by atoms with Gasteiger partial charge in [0.2, 0.25) is 59.1 Å². The van der Waals surface area contributed by atoms with E-state index in [1.807, 2.05) is 36.9 Å². The van der Waals surface area contributed by atoms with Crippen LogP contribution in [-0.4, -0.2) is 248 Å². The number of nitrogens with one attached hydrogen (secondary N) is 6. The average molecular weight is 1360 g/mol. The summed E-state index contributed by atoms with van der Waals surface area (Å²) in [5.74, 6) is -7.34. The van der Waals surface area contributed by atoms with Crippen molar-refractivity contribution in [2.45, 2.75) is 168 Å². The Hall–Kier alpha value is -8.14. The van der Waals surface area contributed by atoms with E-state index in [-0.39, 0.29) is 61.3 Å². The number of imide groups is 1. The molecule has 7 N–H and O–H groups in total. The normalized spacial score (nSPS) is 18.0. The zero-order valence-corrected chi connectivity index (χ0v) is 58.7. The average Bonchev–Trinajstić information content (AvgIpc) is 1.79. The van der Waals surface area contributed by atoms with Crippen molar-refractivity contribution in [2.24, 2.45) is 23.7 Å². The van der Waals surface area contributed by atoms with Crippen molar-refractivity contribution in [2.75, 3.05) is 93.8 Å². The molecule has 2 aromatic carbocycles. The van der Waals surface area contributed by atoms with Gasteiger partial charge in [-0.2, -0.15) is 0 Å². The largest absolute Gasteiger partial charge is 0.386 e. The summed E-state index contributed by atoms with van der Waals surface area (Å²) in [6, 6.07) is 12.7. The molecule has 536 valence electrons. The van der Waals surface area contributed by atoms with E-state index in [9.17, 15) is 62.6 Å². The van der Waals surface area contributed by atoms with Crippen LogP contribution in [0.15, 0.2) is 72.8 Å². The van der Waals surface area contributed by atoms with Gasteiger partial charge in [-0.1, -0.05) is 116 Å². The minimum absolute atomic E-state index is 0.0103. The first kappa shape index (κ1) is 79.5. The number of piperazine rings is 1. The van der Waals surface area contributed by atoms with Gasteiger partial charge in [0.05, 0.1) is 68.4 Å². The Balaban J connectivity index is 1.11. The number of likely N-dealkylation sites (N-methyl/N-ethyl adjacent to an activating group) is 2. The first-order valence-electron chi connectivity index (χ1n) is 34.0. The van der Waals surface area contributed by atoms with E-state index in [1.165, 1.54) is 43.2 Å². The summed E-state index contributed by atoms with van der Waals surface area (Å²) in [4.78, 5) is 170. The quantitative estimate of drug-likeness (QED) is 0.0370. The lowest BCUT2D eigenvalue weighted by molar-refractivity contribution is -0.148. The van der Waals surface area contributed by atoms with Gasteiger partial charge < -0.3 is 66.1 Å². The highest BCUT2D eigenvalue weighted by Crippen LogP contribution is 2.30. The fourth-order valence-electron chi connectivity index (χ4n) is 12.8. The third-order valence-corrected chi connectivity index (χ3v) is 18.7. The third-order valence-electron chi connectivity index (χ3n) is 18.7. The van der Waals surface area contributed by atoms with Crippen LogP contribution in [0.25, 0.3) is 0 Å². The van der Waals surface area contributed by atoms with Crippen LogP contribution in [0.4, 0.5) is 0 Å². The van der Waals surface area contributed by atoms with Gasteiger partial charge in [0, 0.05) is 106 Å². The molecule has 0 spiro atoms. The minimum atomic E-state index is -1.21. The predicted molar refractivity (Wildman–Crippen MR) is 362 cm³/mol. The summed E-state index contributed by atoms with van der Waals surface area (Å²) >= 11 is 0. The zero-order valence-electron chi connectivity index (χ0n) is 58.7. The molecule has 3 heterocycles. The number of methoxy groups -OCH3 is 2. The van der Waals surface area contributed by atoms with Crippen molar-refractivity contribution in [1.82, 2.24) is 61.3 Å². The molecule has 5 rings (SSSR count). The van der Waals surface area contributed by atoms with Gasteiger partial charge in [0.1, 0.15) is 18.1 Å². The number of benzene rings is 2. The minimum Gasteiger partial charge on any atom is -0.386 e. The lowest BCUT2D eigenvalue weighted by atomic mass is 9.89. The maximum Gasteiger partial charge on any atom is 0.253 e. The number of rotatable bonds is 38. The van der Waals surface area contributed by atoms with Crippen molar-refractivity contribution in [3.8, 4) is 0 Å². The first-order valence-corrected chi connectivity index (χ1v) is 34.0. The van der Waals surface area contributed by atoms with Crippen molar-refractivity contribution in [3.05, 3.63) is 83.9 Å². The molecular formula is C70H106N12O15. The number of hydrogen-bond donors (Lipinski definition) is 7. The highest BCUT2D eigenvalue weighted by Gasteiger charge is 2.44. The van der Waals surface area contributed by atoms with Crippen molar-refractivity contribution >= 4 is 70.9 Å². The van der Waals surface area contributed by atoms with Gasteiger partial charge >= 0.3 is 0 Å². The van der Waals surface area contributed by atoms with Gasteiger partial charge in [-0.3, -0.25) is 67.3 Å². The van der Waals surface area contributed by atoms with Gasteiger partial charge in [0.25, 0.3) is 11.8 Å². The maximum atomic E-state index is 14.9. The molecule has 2 aromatic rings. The fraction of sp³-hybridized carbons (Fsp3) is 0.629. The lowest BCUT2D eigenvalue weighted by Gasteiger charge is -2.41. The number of unbranched alkanes of at least 4 members (excludes halogenated alkanes) is 1. The van der Waals surface area contributed by atoms with Crippen LogP contribution in [-0.2, 0) is 73.4 Å². The van der Waals surface area contributed by atoms with Crippen LogP contribution in [0.5, 0.6) is 0 Å². The maximum absolute atomic E-state index is 14.9. The van der Waals surface area contributed by atoms with Crippen LogP contribution >= 0.6 is 0 Å². The monoisotopic (exact) mass is 1350 g/mol. The Kier molecular flexibility index (Phi) is 32.2. The number of amides is 12. The van der Waals surface area contributed by atoms with Gasteiger partial charge in [0.15, 0.2) is 0 Å². The first-order chi connectivity index (χ1) is 46.1. The summed E-state index contributed by atoms with van der Waals surface area (Å²) in [7, 11) is 6.04. The standard InChI is InChI=1S/C70H106N12O15/c1-13-46(6)64(53(96-11)40-60(89)81-33-22-27-52(81)66(97-12)47(7)67(92)74-48(8)65(91)50-25-18-15-19-26-50)78(10)70(95)62(44(2)3)76-69(94)63(45(4)5)77(9)61(90)43-73-68(93)51(39-49-23-16-14-17-24-49)75-56(85)42-72-55(84)41-71-54(83)31-34-79-35-37-80(38-36-79)57(86)28-20-21-32-82-58(87)29-30-59(82)88/h14-19,23-26,29-30,44-48,51-53,62-66,91H,13,20-22,27-28,31-43H2,1-12H3,(H,71,83)(H,72,84)(H,73,93)(H,74,92)(H,75,85)(H,76,94)/t46-,47+,48+,51-,52+,53+,62-,63-,64-,65+,66+/m0/s1. The van der Waals surface area contributed by atoms with Crippen LogP contribution in [0.1, 0.15) is 124 Å². The molecule has 97 heavy (non-hydrogen) atoms. The Bertz CT molecular complexity index is 3000. The van der Waals surface area contributed by atoms with Crippen molar-refractivity contribution in [3.63, 3.8) is 0 Å². The second-order valence-corrected chi connectivity index (χ2v) is 26.3. The molecule has 3 aliphatic rings. The number of likely N-dealkylation sites (tertiary alicyclic amines) is 1. The zero-order chi connectivity index (χ0) is 71.6. The lowest BCUT2D eigenvalue weighted by Crippen LogP contribution is -2.61. The number of aliphatic hydroxyl groups excluding tert-OH is 1. The molecule has 2 saturated heterocycles. The molecule has 0 radical (unpaired) electrons. The van der Waals surface area contributed by atoms with Crippen LogP contribution in [0, 0.1) is 23.7 Å². The summed E-state index contributed by atoms with van der Waals surface area (Å²) < 4.78 is 12.1. The van der Waals surface area contributed by atoms with E-state index in [0.717, 1.165) is 4.90 Å². The summed E-state index contributed by atoms with van der Waals surface area (Å²) in [6.45, 7) is 16.0.